The summed E-state index contributed by atoms with van der Waals surface area (Å²) in [6.07, 6.45) is -1.27. The van der Waals surface area contributed by atoms with Gasteiger partial charge < -0.3 is 9.84 Å². The first-order valence-corrected chi connectivity index (χ1v) is 9.33. The van der Waals surface area contributed by atoms with Crippen LogP contribution >= 0.6 is 0 Å². The summed E-state index contributed by atoms with van der Waals surface area (Å²) in [6, 6.07) is 16.1. The third-order valence-corrected chi connectivity index (χ3v) is 5.19. The number of benzene rings is 2. The Morgan fingerprint density at radius 2 is 1.75 bits per heavy atom. The number of nitrogens with zero attached hydrogens (tertiary/aromatic N) is 2. The number of rotatable bonds is 6. The average Bonchev–Trinajstić information content (AvgIpc) is 2.84. The molecule has 148 valence electrons. The molecule has 0 saturated carbocycles. The van der Waals surface area contributed by atoms with Crippen LogP contribution in [-0.2, 0) is 10.3 Å². The first-order chi connectivity index (χ1) is 13.3. The first kappa shape index (κ1) is 20.0. The van der Waals surface area contributed by atoms with E-state index in [1.807, 2.05) is 44.2 Å². The second-order valence-electron chi connectivity index (χ2n) is 7.41. The number of hydrogen-bond acceptors (Lipinski definition) is 5. The van der Waals surface area contributed by atoms with Gasteiger partial charge in [-0.25, -0.2) is 4.90 Å². The van der Waals surface area contributed by atoms with Crippen molar-refractivity contribution in [2.45, 2.75) is 38.8 Å². The van der Waals surface area contributed by atoms with Gasteiger partial charge in [-0.3, -0.25) is 14.5 Å². The Bertz CT molecular complexity index is 868. The van der Waals surface area contributed by atoms with Crippen LogP contribution in [0.2, 0.25) is 0 Å². The maximum atomic E-state index is 13.4. The molecule has 6 heteroatoms. The van der Waals surface area contributed by atoms with Crippen molar-refractivity contribution in [1.29, 1.82) is 0 Å². The predicted octanol–water partition coefficient (Wildman–Crippen LogP) is 2.62. The van der Waals surface area contributed by atoms with Gasteiger partial charge in [-0.1, -0.05) is 48.5 Å². The van der Waals surface area contributed by atoms with Crippen molar-refractivity contribution >= 4 is 11.7 Å². The molecule has 3 rings (SSSR count). The van der Waals surface area contributed by atoms with E-state index in [2.05, 4.69) is 0 Å². The van der Waals surface area contributed by atoms with Crippen molar-refractivity contribution in [2.75, 3.05) is 13.6 Å². The van der Waals surface area contributed by atoms with Crippen molar-refractivity contribution in [3.8, 4) is 5.75 Å². The molecule has 2 aromatic rings. The van der Waals surface area contributed by atoms with Crippen LogP contribution in [-0.4, -0.2) is 52.6 Å². The zero-order valence-electron chi connectivity index (χ0n) is 16.6. The lowest BCUT2D eigenvalue weighted by molar-refractivity contribution is -0.135. The molecule has 0 bridgehead atoms. The Kier molecular flexibility index (Phi) is 5.54. The molecule has 0 radical (unpaired) electrons. The second kappa shape index (κ2) is 7.73. The van der Waals surface area contributed by atoms with Crippen LogP contribution in [0.15, 0.2) is 54.6 Å². The van der Waals surface area contributed by atoms with Crippen LogP contribution in [0.5, 0.6) is 5.75 Å². The molecule has 1 fully saturated rings. The van der Waals surface area contributed by atoms with Gasteiger partial charge in [0.25, 0.3) is 5.91 Å². The topological polar surface area (TPSA) is 70.1 Å². The Labute approximate surface area is 165 Å². The lowest BCUT2D eigenvalue weighted by Crippen LogP contribution is -2.43. The number of ether oxygens (including phenoxy) is 1. The van der Waals surface area contributed by atoms with Crippen molar-refractivity contribution in [1.82, 2.24) is 9.80 Å². The molecule has 2 atom stereocenters. The fraction of sp³-hybridized carbons (Fsp3) is 0.364. The number of carbonyl (C=O) groups excluding carboxylic acids is 2. The lowest BCUT2D eigenvalue weighted by atomic mass is 9.89. The molecule has 1 heterocycles. The van der Waals surface area contributed by atoms with Crippen LogP contribution < -0.4 is 4.74 Å². The van der Waals surface area contributed by atoms with E-state index in [0.717, 1.165) is 0 Å². The highest BCUT2D eigenvalue weighted by molar-refractivity contribution is 6.01. The van der Waals surface area contributed by atoms with Gasteiger partial charge in [0.05, 0.1) is 12.6 Å². The molecular formula is C22H26N2O4. The zero-order chi connectivity index (χ0) is 20.5. The zero-order valence-corrected chi connectivity index (χ0v) is 16.6. The fourth-order valence-electron chi connectivity index (χ4n) is 3.53. The second-order valence-corrected chi connectivity index (χ2v) is 7.41. The van der Waals surface area contributed by atoms with E-state index >= 15 is 0 Å². The number of para-hydroxylation sites is 1. The summed E-state index contributed by atoms with van der Waals surface area (Å²) < 4.78 is 5.89. The fourth-order valence-corrected chi connectivity index (χ4v) is 3.53. The summed E-state index contributed by atoms with van der Waals surface area (Å²) in [4.78, 5) is 28.8. The highest BCUT2D eigenvalue weighted by atomic mass is 16.5. The standard InChI is InChI=1S/C22H26N2O4/c1-15(2)28-19-13-9-8-12-17(19)22(3)20(26)24(21(27)23(22)4)14-18(25)16-10-6-5-7-11-16/h5-13,15,21,27H,14H2,1-4H3. The molecular weight excluding hydrogens is 356 g/mol. The number of amides is 1. The summed E-state index contributed by atoms with van der Waals surface area (Å²) in [5.74, 6) is 0.0209. The SMILES string of the molecule is CC(C)Oc1ccccc1C1(C)C(=O)N(CC(=O)c2ccccc2)C(O)N1C. The number of ketones is 1. The largest absolute Gasteiger partial charge is 0.491 e. The van der Waals surface area contributed by atoms with Crippen molar-refractivity contribution in [3.63, 3.8) is 0 Å². The minimum Gasteiger partial charge on any atom is -0.491 e. The number of aliphatic hydroxyl groups excluding tert-OH is 1. The van der Waals surface area contributed by atoms with Gasteiger partial charge in [-0.05, 0) is 33.9 Å². The van der Waals surface area contributed by atoms with E-state index < -0.39 is 11.9 Å². The maximum Gasteiger partial charge on any atom is 0.251 e. The van der Waals surface area contributed by atoms with Gasteiger partial charge in [-0.15, -0.1) is 0 Å². The normalized spacial score (nSPS) is 22.7. The third kappa shape index (κ3) is 3.41. The Balaban J connectivity index is 1.94. The molecule has 1 aliphatic rings. The van der Waals surface area contributed by atoms with E-state index in [1.165, 1.54) is 4.90 Å². The summed E-state index contributed by atoms with van der Waals surface area (Å²) in [7, 11) is 1.67. The summed E-state index contributed by atoms with van der Waals surface area (Å²) in [6.45, 7) is 5.38. The third-order valence-electron chi connectivity index (χ3n) is 5.19. The molecule has 28 heavy (non-hydrogen) atoms. The van der Waals surface area contributed by atoms with E-state index in [-0.39, 0.29) is 24.3 Å². The average molecular weight is 382 g/mol. The van der Waals surface area contributed by atoms with Gasteiger partial charge in [0, 0.05) is 11.1 Å². The number of carbonyl (C=O) groups is 2. The first-order valence-electron chi connectivity index (χ1n) is 9.33. The maximum absolute atomic E-state index is 13.4. The highest BCUT2D eigenvalue weighted by Gasteiger charge is 2.55. The Morgan fingerprint density at radius 3 is 2.39 bits per heavy atom. The van der Waals surface area contributed by atoms with Crippen molar-refractivity contribution in [2.24, 2.45) is 0 Å². The molecule has 1 amide bonds. The van der Waals surface area contributed by atoms with Crippen LogP contribution in [0.25, 0.3) is 0 Å². The van der Waals surface area contributed by atoms with E-state index in [9.17, 15) is 14.7 Å². The summed E-state index contributed by atoms with van der Waals surface area (Å²) in [5, 5.41) is 10.7. The Hall–Kier alpha value is -2.70. The van der Waals surface area contributed by atoms with Crippen LogP contribution in [0, 0.1) is 0 Å². The molecule has 1 aliphatic heterocycles. The molecule has 0 spiro atoms. The van der Waals surface area contributed by atoms with E-state index in [4.69, 9.17) is 4.74 Å². The van der Waals surface area contributed by atoms with Gasteiger partial charge in [0.2, 0.25) is 0 Å². The van der Waals surface area contributed by atoms with Crippen LogP contribution in [0.3, 0.4) is 0 Å². The highest BCUT2D eigenvalue weighted by Crippen LogP contribution is 2.41. The van der Waals surface area contributed by atoms with Gasteiger partial charge in [-0.2, -0.15) is 0 Å². The molecule has 0 aliphatic carbocycles. The van der Waals surface area contributed by atoms with Crippen LogP contribution in [0.1, 0.15) is 36.7 Å². The van der Waals surface area contributed by atoms with Gasteiger partial charge in [0.1, 0.15) is 11.3 Å². The number of likely N-dealkylation sites (N-methyl/N-ethyl adjacent to an activating group) is 1. The van der Waals surface area contributed by atoms with E-state index in [0.29, 0.717) is 16.9 Å². The molecule has 2 aromatic carbocycles. The number of Topliss-reactive ketones (excluding diaryl/α,β-unsaturated/α-hetero) is 1. The van der Waals surface area contributed by atoms with Crippen molar-refractivity contribution < 1.29 is 19.4 Å². The molecule has 0 aromatic heterocycles. The monoisotopic (exact) mass is 382 g/mol. The van der Waals surface area contributed by atoms with Crippen LogP contribution in [0.4, 0.5) is 0 Å². The number of aliphatic hydroxyl groups is 1. The quantitative estimate of drug-likeness (QED) is 0.778. The Morgan fingerprint density at radius 1 is 1.14 bits per heavy atom. The van der Waals surface area contributed by atoms with Crippen molar-refractivity contribution in [3.05, 3.63) is 65.7 Å². The van der Waals surface area contributed by atoms with Gasteiger partial charge in [0.15, 0.2) is 12.1 Å². The minimum atomic E-state index is -1.21. The van der Waals surface area contributed by atoms with E-state index in [1.54, 1.807) is 43.1 Å². The molecule has 1 N–H and O–H groups in total. The minimum absolute atomic E-state index is 0.0627. The number of hydrogen-bond donors (Lipinski definition) is 1. The summed E-state index contributed by atoms with van der Waals surface area (Å²) in [5.41, 5.74) is 0.00853. The molecule has 2 unspecified atom stereocenters. The lowest BCUT2D eigenvalue weighted by Gasteiger charge is -2.32. The van der Waals surface area contributed by atoms with Gasteiger partial charge >= 0.3 is 0 Å². The predicted molar refractivity (Wildman–Crippen MR) is 106 cm³/mol. The summed E-state index contributed by atoms with van der Waals surface area (Å²) >= 11 is 0. The molecule has 1 saturated heterocycles. The smallest absolute Gasteiger partial charge is 0.251 e. The molecule has 6 nitrogen and oxygen atoms in total.